The number of nitrogens with two attached hydrogens (primary N) is 1. The van der Waals surface area contributed by atoms with Crippen LogP contribution in [0.15, 0.2) is 24.3 Å². The molecule has 0 radical (unpaired) electrons. The Balaban J connectivity index is 2.24. The summed E-state index contributed by atoms with van der Waals surface area (Å²) in [5.41, 5.74) is 6.94. The second-order valence-electron chi connectivity index (χ2n) is 3.80. The molecule has 0 spiro atoms. The summed E-state index contributed by atoms with van der Waals surface area (Å²) in [6.07, 6.45) is 1.24. The van der Waals surface area contributed by atoms with E-state index >= 15 is 0 Å². The van der Waals surface area contributed by atoms with E-state index in [9.17, 15) is 4.79 Å². The second-order valence-corrected chi connectivity index (χ2v) is 4.24. The molecule has 2 atom stereocenters. The Morgan fingerprint density at radius 2 is 2.27 bits per heavy atom. The maximum Gasteiger partial charge on any atom is 0.220 e. The first-order chi connectivity index (χ1) is 7.16. The smallest absolute Gasteiger partial charge is 0.220 e. The SMILES string of the molecule is NC1CCC(=O)NC1c1cccc(Cl)c1. The van der Waals surface area contributed by atoms with Crippen LogP contribution in [0.5, 0.6) is 0 Å². The lowest BCUT2D eigenvalue weighted by molar-refractivity contribution is -0.123. The van der Waals surface area contributed by atoms with Crippen molar-refractivity contribution in [3.63, 3.8) is 0 Å². The highest BCUT2D eigenvalue weighted by atomic mass is 35.5. The van der Waals surface area contributed by atoms with Crippen molar-refractivity contribution >= 4 is 17.5 Å². The third kappa shape index (κ3) is 2.30. The molecular weight excluding hydrogens is 212 g/mol. The number of hydrogen-bond acceptors (Lipinski definition) is 2. The molecule has 2 unspecified atom stereocenters. The molecule has 1 fully saturated rings. The summed E-state index contributed by atoms with van der Waals surface area (Å²) in [7, 11) is 0. The van der Waals surface area contributed by atoms with E-state index in [1.807, 2.05) is 18.2 Å². The van der Waals surface area contributed by atoms with Crippen molar-refractivity contribution < 1.29 is 4.79 Å². The molecule has 80 valence electrons. The number of rotatable bonds is 1. The summed E-state index contributed by atoms with van der Waals surface area (Å²) in [6.45, 7) is 0. The Bertz CT molecular complexity index is 381. The van der Waals surface area contributed by atoms with Crippen molar-refractivity contribution in [3.8, 4) is 0 Å². The van der Waals surface area contributed by atoms with Gasteiger partial charge in [0.1, 0.15) is 0 Å². The maximum absolute atomic E-state index is 11.3. The van der Waals surface area contributed by atoms with Crippen LogP contribution in [0.3, 0.4) is 0 Å². The molecule has 4 heteroatoms. The van der Waals surface area contributed by atoms with Gasteiger partial charge in [0.05, 0.1) is 6.04 Å². The van der Waals surface area contributed by atoms with Crippen LogP contribution in [0.1, 0.15) is 24.4 Å². The number of hydrogen-bond donors (Lipinski definition) is 2. The van der Waals surface area contributed by atoms with Crippen molar-refractivity contribution in [2.45, 2.75) is 24.9 Å². The third-order valence-electron chi connectivity index (χ3n) is 2.66. The Hall–Kier alpha value is -1.06. The Kier molecular flexibility index (Phi) is 2.93. The average Bonchev–Trinajstić information content (AvgIpc) is 2.22. The maximum atomic E-state index is 11.3. The van der Waals surface area contributed by atoms with Crippen molar-refractivity contribution in [2.75, 3.05) is 0 Å². The molecule has 1 saturated heterocycles. The highest BCUT2D eigenvalue weighted by Gasteiger charge is 2.26. The number of benzene rings is 1. The molecule has 2 rings (SSSR count). The van der Waals surface area contributed by atoms with Gasteiger partial charge in [0, 0.05) is 17.5 Å². The standard InChI is InChI=1S/C11H13ClN2O/c12-8-3-1-2-7(6-8)11-9(13)4-5-10(15)14-11/h1-3,6,9,11H,4-5,13H2,(H,14,15). The van der Waals surface area contributed by atoms with E-state index in [0.717, 1.165) is 12.0 Å². The van der Waals surface area contributed by atoms with E-state index in [2.05, 4.69) is 5.32 Å². The van der Waals surface area contributed by atoms with E-state index in [1.165, 1.54) is 0 Å². The first kappa shape index (κ1) is 10.5. The quantitative estimate of drug-likeness (QED) is 0.762. The van der Waals surface area contributed by atoms with E-state index in [4.69, 9.17) is 17.3 Å². The summed E-state index contributed by atoms with van der Waals surface area (Å²) >= 11 is 5.89. The lowest BCUT2D eigenvalue weighted by Gasteiger charge is -2.29. The minimum atomic E-state index is -0.107. The van der Waals surface area contributed by atoms with E-state index in [-0.39, 0.29) is 18.0 Å². The minimum Gasteiger partial charge on any atom is -0.348 e. The van der Waals surface area contributed by atoms with Crippen LogP contribution in [0.25, 0.3) is 0 Å². The van der Waals surface area contributed by atoms with Gasteiger partial charge in [-0.05, 0) is 24.1 Å². The fourth-order valence-corrected chi connectivity index (χ4v) is 2.05. The molecule has 1 aliphatic heterocycles. The fourth-order valence-electron chi connectivity index (χ4n) is 1.85. The van der Waals surface area contributed by atoms with Crippen molar-refractivity contribution in [1.29, 1.82) is 0 Å². The van der Waals surface area contributed by atoms with E-state index in [1.54, 1.807) is 6.07 Å². The van der Waals surface area contributed by atoms with Gasteiger partial charge in [-0.25, -0.2) is 0 Å². The number of piperidine rings is 1. The number of halogens is 1. The summed E-state index contributed by atoms with van der Waals surface area (Å²) < 4.78 is 0. The zero-order chi connectivity index (χ0) is 10.8. The molecule has 0 bridgehead atoms. The number of carbonyl (C=O) groups excluding carboxylic acids is 1. The number of carbonyl (C=O) groups is 1. The summed E-state index contributed by atoms with van der Waals surface area (Å²) in [5, 5.41) is 3.55. The summed E-state index contributed by atoms with van der Waals surface area (Å²) in [6, 6.07) is 7.32. The van der Waals surface area contributed by atoms with Crippen LogP contribution in [-0.2, 0) is 4.79 Å². The predicted molar refractivity (Wildman–Crippen MR) is 59.5 cm³/mol. The number of amides is 1. The Morgan fingerprint density at radius 1 is 1.47 bits per heavy atom. The molecule has 0 aromatic heterocycles. The lowest BCUT2D eigenvalue weighted by Crippen LogP contribution is -2.45. The molecule has 1 aromatic carbocycles. The molecule has 1 heterocycles. The van der Waals surface area contributed by atoms with Gasteiger partial charge >= 0.3 is 0 Å². The van der Waals surface area contributed by atoms with Crippen LogP contribution < -0.4 is 11.1 Å². The Labute approximate surface area is 93.6 Å². The van der Waals surface area contributed by atoms with E-state index < -0.39 is 0 Å². The molecule has 15 heavy (non-hydrogen) atoms. The molecule has 0 saturated carbocycles. The number of nitrogens with one attached hydrogen (secondary N) is 1. The largest absolute Gasteiger partial charge is 0.348 e. The van der Waals surface area contributed by atoms with Gasteiger partial charge in [0.15, 0.2) is 0 Å². The second kappa shape index (κ2) is 4.21. The first-order valence-corrected chi connectivity index (χ1v) is 5.35. The molecular formula is C11H13ClN2O. The molecule has 1 amide bonds. The average molecular weight is 225 g/mol. The van der Waals surface area contributed by atoms with Crippen molar-refractivity contribution in [3.05, 3.63) is 34.9 Å². The van der Waals surface area contributed by atoms with Crippen LogP contribution in [0, 0.1) is 0 Å². The highest BCUT2D eigenvalue weighted by molar-refractivity contribution is 6.30. The zero-order valence-corrected chi connectivity index (χ0v) is 9.00. The third-order valence-corrected chi connectivity index (χ3v) is 2.89. The van der Waals surface area contributed by atoms with Crippen molar-refractivity contribution in [2.24, 2.45) is 5.73 Å². The summed E-state index contributed by atoms with van der Waals surface area (Å²) in [5.74, 6) is 0.0571. The predicted octanol–water partition coefficient (Wildman–Crippen LogP) is 1.62. The minimum absolute atomic E-state index is 0.0267. The van der Waals surface area contributed by atoms with Gasteiger partial charge < -0.3 is 11.1 Å². The first-order valence-electron chi connectivity index (χ1n) is 4.97. The summed E-state index contributed by atoms with van der Waals surface area (Å²) in [4.78, 5) is 11.3. The van der Waals surface area contributed by atoms with Gasteiger partial charge in [0.2, 0.25) is 5.91 Å². The normalized spacial score (nSPS) is 26.1. The van der Waals surface area contributed by atoms with Crippen LogP contribution >= 0.6 is 11.6 Å². The van der Waals surface area contributed by atoms with Crippen LogP contribution in [0.2, 0.25) is 5.02 Å². The lowest BCUT2D eigenvalue weighted by atomic mass is 9.93. The highest BCUT2D eigenvalue weighted by Crippen LogP contribution is 2.24. The Morgan fingerprint density at radius 3 is 3.00 bits per heavy atom. The molecule has 0 aliphatic carbocycles. The topological polar surface area (TPSA) is 55.1 Å². The molecule has 1 aromatic rings. The van der Waals surface area contributed by atoms with Crippen LogP contribution in [0.4, 0.5) is 0 Å². The van der Waals surface area contributed by atoms with Gasteiger partial charge in [-0.3, -0.25) is 4.79 Å². The van der Waals surface area contributed by atoms with Gasteiger partial charge in [-0.15, -0.1) is 0 Å². The van der Waals surface area contributed by atoms with Gasteiger partial charge in [-0.1, -0.05) is 23.7 Å². The van der Waals surface area contributed by atoms with Crippen molar-refractivity contribution in [1.82, 2.24) is 5.32 Å². The van der Waals surface area contributed by atoms with Crippen LogP contribution in [-0.4, -0.2) is 11.9 Å². The van der Waals surface area contributed by atoms with E-state index in [0.29, 0.717) is 11.4 Å². The van der Waals surface area contributed by atoms with Gasteiger partial charge in [0.25, 0.3) is 0 Å². The monoisotopic (exact) mass is 224 g/mol. The molecule has 3 nitrogen and oxygen atoms in total. The molecule has 3 N–H and O–H groups in total. The fraction of sp³-hybridized carbons (Fsp3) is 0.364. The zero-order valence-electron chi connectivity index (χ0n) is 8.24. The molecule has 1 aliphatic rings. The van der Waals surface area contributed by atoms with Gasteiger partial charge in [-0.2, -0.15) is 0 Å².